The van der Waals surface area contributed by atoms with E-state index in [1.807, 2.05) is 5.51 Å². The van der Waals surface area contributed by atoms with Crippen LogP contribution >= 0.6 is 11.3 Å². The van der Waals surface area contributed by atoms with E-state index in [9.17, 15) is 0 Å². The van der Waals surface area contributed by atoms with E-state index in [0.29, 0.717) is 12.5 Å². The van der Waals surface area contributed by atoms with Gasteiger partial charge in [0, 0.05) is 22.3 Å². The third-order valence-electron chi connectivity index (χ3n) is 2.38. The van der Waals surface area contributed by atoms with Crippen LogP contribution in [0.15, 0.2) is 10.6 Å². The summed E-state index contributed by atoms with van der Waals surface area (Å²) >= 11 is 1.72. The van der Waals surface area contributed by atoms with Crippen LogP contribution in [-0.4, -0.2) is 11.5 Å². The van der Waals surface area contributed by atoms with E-state index in [2.05, 4.69) is 15.0 Å². The minimum Gasteiger partial charge on any atom is -0.249 e. The first kappa shape index (κ1) is 8.53. The van der Waals surface area contributed by atoms with E-state index in [1.54, 1.807) is 11.3 Å². The van der Waals surface area contributed by atoms with Crippen LogP contribution in [0.25, 0.3) is 10.4 Å². The predicted octanol–water partition coefficient (Wildman–Crippen LogP) is 2.87. The lowest BCUT2D eigenvalue weighted by Gasteiger charge is -2.18. The zero-order chi connectivity index (χ0) is 9.10. The van der Waals surface area contributed by atoms with Crippen LogP contribution in [0.5, 0.6) is 0 Å². The summed E-state index contributed by atoms with van der Waals surface area (Å²) in [4.78, 5) is 8.49. The Morgan fingerprint density at radius 1 is 1.77 bits per heavy atom. The molecule has 1 aromatic heterocycles. The molecule has 13 heavy (non-hydrogen) atoms. The Balaban J connectivity index is 2.19. The van der Waals surface area contributed by atoms with Crippen LogP contribution in [-0.2, 0) is 6.42 Å². The number of aromatic nitrogens is 1. The van der Waals surface area contributed by atoms with Gasteiger partial charge in [0.1, 0.15) is 0 Å². The quantitative estimate of drug-likeness (QED) is 0.405. The van der Waals surface area contributed by atoms with Crippen LogP contribution in [0, 0.1) is 0 Å². The summed E-state index contributed by atoms with van der Waals surface area (Å²) in [6.07, 6.45) is 3.45. The Hall–Kier alpha value is -1.06. The fourth-order valence-electron chi connectivity index (χ4n) is 1.76. The van der Waals surface area contributed by atoms with Crippen LogP contribution in [0.1, 0.15) is 29.3 Å². The second kappa shape index (κ2) is 3.77. The van der Waals surface area contributed by atoms with Gasteiger partial charge in [-0.1, -0.05) is 5.11 Å². The molecule has 0 radical (unpaired) electrons. The first-order valence-electron chi connectivity index (χ1n) is 4.35. The van der Waals surface area contributed by atoms with Crippen LogP contribution in [0.4, 0.5) is 0 Å². The van der Waals surface area contributed by atoms with Crippen molar-refractivity contribution < 1.29 is 0 Å². The predicted molar refractivity (Wildman–Crippen MR) is 51.8 cm³/mol. The highest BCUT2D eigenvalue weighted by molar-refractivity contribution is 7.09. The van der Waals surface area contributed by atoms with Crippen molar-refractivity contribution >= 4 is 11.3 Å². The Bertz CT molecular complexity index is 340. The van der Waals surface area contributed by atoms with Crippen LogP contribution in [0.2, 0.25) is 0 Å². The van der Waals surface area contributed by atoms with Gasteiger partial charge in [-0.15, -0.1) is 11.3 Å². The zero-order valence-electron chi connectivity index (χ0n) is 7.18. The van der Waals surface area contributed by atoms with Crippen molar-refractivity contribution in [2.45, 2.75) is 25.2 Å². The van der Waals surface area contributed by atoms with Crippen molar-refractivity contribution in [3.8, 4) is 0 Å². The van der Waals surface area contributed by atoms with Crippen LogP contribution in [0.3, 0.4) is 0 Å². The van der Waals surface area contributed by atoms with Crippen molar-refractivity contribution in [1.82, 2.24) is 4.98 Å². The number of fused-ring (bicyclic) bond motifs is 1. The molecule has 0 aliphatic heterocycles. The molecule has 1 aliphatic rings. The zero-order valence-corrected chi connectivity index (χ0v) is 8.00. The number of aryl methyl sites for hydroxylation is 1. The standard InChI is InChI=1S/C8H10N4S/c9-12-11-4-6-2-1-3-7-8(6)10-5-13-7/h5-6H,1-4H2. The van der Waals surface area contributed by atoms with Gasteiger partial charge in [0.05, 0.1) is 11.2 Å². The molecule has 4 nitrogen and oxygen atoms in total. The van der Waals surface area contributed by atoms with Crippen molar-refractivity contribution in [3.63, 3.8) is 0 Å². The van der Waals surface area contributed by atoms with E-state index in [1.165, 1.54) is 17.0 Å². The number of hydrogen-bond acceptors (Lipinski definition) is 3. The van der Waals surface area contributed by atoms with E-state index in [4.69, 9.17) is 5.53 Å². The lowest BCUT2D eigenvalue weighted by Crippen LogP contribution is -2.10. The topological polar surface area (TPSA) is 61.7 Å². The number of thiazole rings is 1. The maximum atomic E-state index is 8.24. The molecule has 5 heteroatoms. The summed E-state index contributed by atoms with van der Waals surface area (Å²) in [5.41, 5.74) is 11.3. The summed E-state index contributed by atoms with van der Waals surface area (Å²) in [5.74, 6) is 0.367. The highest BCUT2D eigenvalue weighted by Crippen LogP contribution is 2.32. The Labute approximate surface area is 80.2 Å². The van der Waals surface area contributed by atoms with Gasteiger partial charge in [-0.3, -0.25) is 0 Å². The molecule has 0 saturated heterocycles. The second-order valence-corrected chi connectivity index (χ2v) is 4.10. The molecule has 1 aromatic rings. The van der Waals surface area contributed by atoms with Crippen molar-refractivity contribution in [2.75, 3.05) is 6.54 Å². The monoisotopic (exact) mass is 194 g/mol. The number of nitrogens with zero attached hydrogens (tertiary/aromatic N) is 4. The highest BCUT2D eigenvalue weighted by atomic mass is 32.1. The van der Waals surface area contributed by atoms with Gasteiger partial charge in [-0.05, 0) is 24.8 Å². The summed E-state index contributed by atoms with van der Waals surface area (Å²) in [5, 5.41) is 3.62. The number of hydrogen-bond donors (Lipinski definition) is 0. The van der Waals surface area contributed by atoms with Gasteiger partial charge in [-0.2, -0.15) is 0 Å². The van der Waals surface area contributed by atoms with Crippen molar-refractivity contribution in [2.24, 2.45) is 5.11 Å². The van der Waals surface area contributed by atoms with E-state index >= 15 is 0 Å². The second-order valence-electron chi connectivity index (χ2n) is 3.16. The number of rotatable bonds is 2. The first-order valence-corrected chi connectivity index (χ1v) is 5.23. The molecular weight excluding hydrogens is 184 g/mol. The molecule has 1 aliphatic carbocycles. The van der Waals surface area contributed by atoms with Gasteiger partial charge in [-0.25, -0.2) is 4.98 Å². The fraction of sp³-hybridized carbons (Fsp3) is 0.625. The fourth-order valence-corrected chi connectivity index (χ4v) is 2.65. The maximum absolute atomic E-state index is 8.24. The van der Waals surface area contributed by atoms with Crippen LogP contribution < -0.4 is 0 Å². The average Bonchev–Trinajstić information content (AvgIpc) is 2.62. The summed E-state index contributed by atoms with van der Waals surface area (Å²) in [7, 11) is 0. The summed E-state index contributed by atoms with van der Waals surface area (Å²) in [6, 6.07) is 0. The third-order valence-corrected chi connectivity index (χ3v) is 3.29. The van der Waals surface area contributed by atoms with E-state index in [0.717, 1.165) is 12.8 Å². The highest BCUT2D eigenvalue weighted by Gasteiger charge is 2.21. The molecule has 0 aromatic carbocycles. The lowest BCUT2D eigenvalue weighted by molar-refractivity contribution is 0.553. The Morgan fingerprint density at radius 2 is 2.69 bits per heavy atom. The minimum absolute atomic E-state index is 0.367. The molecule has 1 atom stereocenters. The summed E-state index contributed by atoms with van der Waals surface area (Å²) < 4.78 is 0. The molecule has 1 unspecified atom stereocenters. The maximum Gasteiger partial charge on any atom is 0.0797 e. The van der Waals surface area contributed by atoms with Gasteiger partial charge in [0.15, 0.2) is 0 Å². The molecular formula is C8H10N4S. The van der Waals surface area contributed by atoms with Crippen molar-refractivity contribution in [1.29, 1.82) is 0 Å². The minimum atomic E-state index is 0.367. The smallest absolute Gasteiger partial charge is 0.0797 e. The van der Waals surface area contributed by atoms with E-state index < -0.39 is 0 Å². The van der Waals surface area contributed by atoms with Gasteiger partial charge < -0.3 is 0 Å². The summed E-state index contributed by atoms with van der Waals surface area (Å²) in [6.45, 7) is 0.563. The largest absolute Gasteiger partial charge is 0.249 e. The molecule has 2 rings (SSSR count). The molecule has 0 saturated carbocycles. The Morgan fingerprint density at radius 3 is 3.54 bits per heavy atom. The molecule has 0 spiro atoms. The molecule has 0 bridgehead atoms. The normalized spacial score (nSPS) is 20.5. The number of azide groups is 1. The SMILES string of the molecule is [N-]=[N+]=NCC1CCCc2scnc21. The third kappa shape index (κ3) is 1.66. The lowest BCUT2D eigenvalue weighted by atomic mass is 9.91. The van der Waals surface area contributed by atoms with E-state index in [-0.39, 0.29) is 0 Å². The molecule has 0 amide bonds. The van der Waals surface area contributed by atoms with Crippen molar-refractivity contribution in [3.05, 3.63) is 26.5 Å². The van der Waals surface area contributed by atoms with Gasteiger partial charge in [0.2, 0.25) is 0 Å². The molecule has 1 heterocycles. The average molecular weight is 194 g/mol. The van der Waals surface area contributed by atoms with Gasteiger partial charge in [0.25, 0.3) is 0 Å². The molecule has 68 valence electrons. The Kier molecular flexibility index (Phi) is 2.47. The molecule has 0 N–H and O–H groups in total. The van der Waals surface area contributed by atoms with Gasteiger partial charge >= 0.3 is 0 Å². The molecule has 0 fully saturated rings. The first-order chi connectivity index (χ1) is 6.42.